The average molecular weight is 655 g/mol. The Labute approximate surface area is 281 Å². The third-order valence-electron chi connectivity index (χ3n) is 9.72. The van der Waals surface area contributed by atoms with Gasteiger partial charge in [0.15, 0.2) is 0 Å². The molecule has 0 aromatic carbocycles. The van der Waals surface area contributed by atoms with Crippen molar-refractivity contribution in [3.8, 4) is 0 Å². The minimum Gasteiger partial charge on any atom is -0.466 e. The van der Waals surface area contributed by atoms with E-state index in [1.807, 2.05) is 66.7 Å². The molecule has 0 saturated heterocycles. The number of carbonyl (C=O) groups is 4. The molecule has 5 rings (SSSR count). The van der Waals surface area contributed by atoms with Crippen molar-refractivity contribution in [2.45, 2.75) is 99.3 Å². The van der Waals surface area contributed by atoms with Gasteiger partial charge in [-0.05, 0) is 104 Å². The van der Waals surface area contributed by atoms with Crippen LogP contribution in [0, 0.1) is 13.8 Å². The van der Waals surface area contributed by atoms with Crippen LogP contribution in [0.2, 0.25) is 0 Å². The van der Waals surface area contributed by atoms with E-state index in [4.69, 9.17) is 9.47 Å². The van der Waals surface area contributed by atoms with Gasteiger partial charge >= 0.3 is 11.9 Å². The number of aromatic amines is 2. The summed E-state index contributed by atoms with van der Waals surface area (Å²) in [5.74, 6) is -1.38. The largest absolute Gasteiger partial charge is 0.466 e. The molecule has 0 bridgehead atoms. The Kier molecular flexibility index (Phi) is 10.2. The van der Waals surface area contributed by atoms with E-state index in [1.54, 1.807) is 6.92 Å². The highest BCUT2D eigenvalue weighted by Crippen LogP contribution is 2.33. The molecule has 10 heteroatoms. The number of hydrogen-bond acceptors (Lipinski definition) is 6. The third-order valence-corrected chi connectivity index (χ3v) is 9.72. The normalized spacial score (nSPS) is 23.2. The first kappa shape index (κ1) is 34.6. The zero-order valence-corrected chi connectivity index (χ0v) is 29.2. The fourth-order valence-electron chi connectivity index (χ4n) is 7.13. The molecule has 2 amide bonds. The molecule has 3 aliphatic heterocycles. The van der Waals surface area contributed by atoms with Crippen LogP contribution in [0.5, 0.6) is 0 Å². The van der Waals surface area contributed by atoms with Gasteiger partial charge in [0.1, 0.15) is 0 Å². The number of H-pyrrole nitrogens is 2. The summed E-state index contributed by atoms with van der Waals surface area (Å²) in [6.45, 7) is 16.0. The van der Waals surface area contributed by atoms with Crippen LogP contribution in [0.3, 0.4) is 0 Å². The molecular weight excluding hydrogens is 608 g/mol. The van der Waals surface area contributed by atoms with Crippen LogP contribution in [0.15, 0.2) is 33.0 Å². The Morgan fingerprint density at radius 3 is 2.06 bits per heavy atom. The van der Waals surface area contributed by atoms with Gasteiger partial charge in [0, 0.05) is 45.4 Å². The molecule has 2 aromatic rings. The number of cyclic esters (lactones) is 2. The van der Waals surface area contributed by atoms with Gasteiger partial charge in [-0.25, -0.2) is 4.99 Å². The van der Waals surface area contributed by atoms with Crippen LogP contribution in [-0.2, 0) is 28.7 Å². The summed E-state index contributed by atoms with van der Waals surface area (Å²) < 4.78 is 11.0. The number of esters is 2. The highest BCUT2D eigenvalue weighted by molar-refractivity contribution is 6.30. The number of rotatable bonds is 4. The van der Waals surface area contributed by atoms with Crippen LogP contribution in [-0.4, -0.2) is 52.6 Å². The number of amides is 2. The predicted molar refractivity (Wildman–Crippen MR) is 185 cm³/mol. The maximum absolute atomic E-state index is 12.9. The van der Waals surface area contributed by atoms with Crippen LogP contribution in [0.25, 0.3) is 18.2 Å². The minimum atomic E-state index is -0.330. The lowest BCUT2D eigenvalue weighted by Crippen LogP contribution is -2.18. The van der Waals surface area contributed by atoms with Crippen molar-refractivity contribution in [2.75, 3.05) is 13.2 Å². The van der Waals surface area contributed by atoms with Crippen LogP contribution < -0.4 is 16.0 Å². The zero-order chi connectivity index (χ0) is 34.9. The van der Waals surface area contributed by atoms with E-state index in [9.17, 15) is 19.2 Å². The van der Waals surface area contributed by atoms with Crippen molar-refractivity contribution in [1.29, 1.82) is 0 Å². The lowest BCUT2D eigenvalue weighted by atomic mass is 9.92. The summed E-state index contributed by atoms with van der Waals surface area (Å²) in [6.07, 6.45) is 8.03. The molecular formula is C38H46N4O6. The summed E-state index contributed by atoms with van der Waals surface area (Å²) in [5.41, 5.74) is 10.1. The summed E-state index contributed by atoms with van der Waals surface area (Å²) >= 11 is 0. The van der Waals surface area contributed by atoms with E-state index in [0.29, 0.717) is 36.1 Å². The SMILES string of the molecule is CCC1=C(C)C(=O)N=C1/C=c1\[nH]/c2c(c1C)[C@@H](C)CC(=O)OCCCOC(=O)C[C@H](C)c1c([nH]c(/C=C3\NC(=O)C(C)=C3CC)c1C)/C=2. The van der Waals surface area contributed by atoms with Gasteiger partial charge in [0.25, 0.3) is 11.8 Å². The van der Waals surface area contributed by atoms with Gasteiger partial charge in [-0.2, -0.15) is 0 Å². The van der Waals surface area contributed by atoms with Gasteiger partial charge in [-0.15, -0.1) is 0 Å². The summed E-state index contributed by atoms with van der Waals surface area (Å²) in [7, 11) is 0. The van der Waals surface area contributed by atoms with Gasteiger partial charge in [-0.1, -0.05) is 27.7 Å². The monoisotopic (exact) mass is 654 g/mol. The number of aliphatic imine (C=N–C) groups is 1. The Bertz CT molecular complexity index is 1950. The van der Waals surface area contributed by atoms with Gasteiger partial charge in [0.2, 0.25) is 0 Å². The second-order valence-corrected chi connectivity index (χ2v) is 13.0. The second-order valence-electron chi connectivity index (χ2n) is 13.0. The average Bonchev–Trinajstić information content (AvgIpc) is 3.68. The van der Waals surface area contributed by atoms with Crippen LogP contribution in [0.1, 0.15) is 119 Å². The Hall–Kier alpha value is -4.73. The van der Waals surface area contributed by atoms with E-state index in [-0.39, 0.29) is 61.6 Å². The number of allylic oxidation sites excluding steroid dienone is 2. The molecule has 0 aliphatic carbocycles. The highest BCUT2D eigenvalue weighted by atomic mass is 16.5. The summed E-state index contributed by atoms with van der Waals surface area (Å²) in [4.78, 5) is 62.3. The molecule has 3 N–H and O–H groups in total. The molecule has 0 unspecified atom stereocenters. The van der Waals surface area contributed by atoms with Gasteiger partial charge in [0.05, 0.1) is 31.8 Å². The van der Waals surface area contributed by atoms with Crippen molar-refractivity contribution in [1.82, 2.24) is 15.3 Å². The molecule has 2 aromatic heterocycles. The number of ether oxygens (including phenoxy) is 2. The maximum Gasteiger partial charge on any atom is 0.306 e. The highest BCUT2D eigenvalue weighted by Gasteiger charge is 2.27. The molecule has 0 radical (unpaired) electrons. The number of carbonyl (C=O) groups excluding carboxylic acids is 4. The number of hydrogen-bond donors (Lipinski definition) is 3. The van der Waals surface area contributed by atoms with Crippen molar-refractivity contribution in [3.63, 3.8) is 0 Å². The maximum atomic E-state index is 12.9. The first-order valence-corrected chi connectivity index (χ1v) is 16.9. The van der Waals surface area contributed by atoms with E-state index >= 15 is 0 Å². The predicted octanol–water partition coefficient (Wildman–Crippen LogP) is 4.95. The number of nitrogens with zero attached hydrogens (tertiary/aromatic N) is 1. The summed E-state index contributed by atoms with van der Waals surface area (Å²) in [6, 6.07) is 0. The number of nitrogens with one attached hydrogen (secondary N) is 3. The molecule has 0 saturated carbocycles. The fraction of sp³-hybridized carbons (Fsp3) is 0.447. The first-order chi connectivity index (χ1) is 22.8. The zero-order valence-electron chi connectivity index (χ0n) is 29.2. The Morgan fingerprint density at radius 2 is 1.44 bits per heavy atom. The molecule has 0 fully saturated rings. The smallest absolute Gasteiger partial charge is 0.306 e. The lowest BCUT2D eigenvalue weighted by Gasteiger charge is -2.15. The molecule has 2 atom stereocenters. The molecule has 3 aliphatic rings. The van der Waals surface area contributed by atoms with E-state index in [2.05, 4.69) is 20.3 Å². The molecule has 10 nitrogen and oxygen atoms in total. The number of fused-ring (bicyclic) bond motifs is 2. The second kappa shape index (κ2) is 14.2. The summed E-state index contributed by atoms with van der Waals surface area (Å²) in [5, 5.41) is 4.60. The third kappa shape index (κ3) is 6.79. The molecule has 0 spiro atoms. The van der Waals surface area contributed by atoms with Gasteiger partial charge < -0.3 is 24.8 Å². The van der Waals surface area contributed by atoms with Crippen molar-refractivity contribution in [3.05, 3.63) is 72.3 Å². The van der Waals surface area contributed by atoms with Gasteiger partial charge in [-0.3, -0.25) is 19.2 Å². The minimum absolute atomic E-state index is 0.101. The number of aromatic nitrogens is 2. The topological polar surface area (TPSA) is 143 Å². The first-order valence-electron chi connectivity index (χ1n) is 16.9. The van der Waals surface area contributed by atoms with E-state index < -0.39 is 0 Å². The molecule has 5 heterocycles. The lowest BCUT2D eigenvalue weighted by molar-refractivity contribution is -0.146. The van der Waals surface area contributed by atoms with Crippen molar-refractivity contribution in [2.24, 2.45) is 4.99 Å². The quantitative estimate of drug-likeness (QED) is 0.399. The van der Waals surface area contributed by atoms with Crippen molar-refractivity contribution < 1.29 is 28.7 Å². The molecule has 48 heavy (non-hydrogen) atoms. The van der Waals surface area contributed by atoms with Crippen LogP contribution in [0.4, 0.5) is 0 Å². The Morgan fingerprint density at radius 1 is 0.812 bits per heavy atom. The van der Waals surface area contributed by atoms with Crippen LogP contribution >= 0.6 is 0 Å². The van der Waals surface area contributed by atoms with Crippen molar-refractivity contribution >= 4 is 47.7 Å². The standard InChI is InChI=1S/C38H46N4O6/c1-9-25-21(5)37(45)41-29(25)16-27-23(7)35-19(3)14-33(43)47-12-11-13-48-34(44)15-20(4)36-24(8)28(40-32(36)18-31(35)39-27)17-30-26(10-2)22(6)38(46)42-30/h16-20,39-40H,9-15H2,1-8H3,(H,41,45)/b28-17-,29-16-,32-18-/t19-,20-/m0/s1. The fourth-order valence-corrected chi connectivity index (χ4v) is 7.13. The Balaban J connectivity index is 1.75. The molecule has 254 valence electrons. The van der Waals surface area contributed by atoms with E-state index in [1.165, 1.54) is 0 Å². The van der Waals surface area contributed by atoms with E-state index in [0.717, 1.165) is 61.2 Å².